The highest BCUT2D eigenvalue weighted by Crippen LogP contribution is 2.31. The van der Waals surface area contributed by atoms with Crippen molar-refractivity contribution in [2.45, 2.75) is 19.9 Å². The third kappa shape index (κ3) is 2.84. The average molecular weight is 297 g/mol. The summed E-state index contributed by atoms with van der Waals surface area (Å²) in [4.78, 5) is 27.5. The largest absolute Gasteiger partial charge is 0.382 e. The Morgan fingerprint density at radius 3 is 2.75 bits per heavy atom. The van der Waals surface area contributed by atoms with Crippen LogP contribution in [0.4, 0.5) is 10.8 Å². The molecule has 2 amide bonds. The van der Waals surface area contributed by atoms with Crippen molar-refractivity contribution in [2.24, 2.45) is 0 Å². The highest BCUT2D eigenvalue weighted by atomic mass is 32.1. The Morgan fingerprint density at radius 1 is 1.45 bits per heavy atom. The number of piperazine rings is 1. The maximum absolute atomic E-state index is 12.2. The minimum Gasteiger partial charge on any atom is -0.382 e. The van der Waals surface area contributed by atoms with Gasteiger partial charge in [-0.3, -0.25) is 9.59 Å². The second-order valence-electron chi connectivity index (χ2n) is 5.11. The summed E-state index contributed by atoms with van der Waals surface area (Å²) in [5.41, 5.74) is 6.18. The summed E-state index contributed by atoms with van der Waals surface area (Å²) in [6.45, 7) is 5.31. The molecule has 3 N–H and O–H groups in total. The predicted octanol–water partition coefficient (Wildman–Crippen LogP) is 0.142. The summed E-state index contributed by atoms with van der Waals surface area (Å²) in [6, 6.07) is 0.0174. The molecule has 7 nitrogen and oxygen atoms in total. The maximum atomic E-state index is 12.2. The van der Waals surface area contributed by atoms with Gasteiger partial charge in [0.1, 0.15) is 10.6 Å². The number of carbonyl (C=O) groups excluding carboxylic acids is 2. The van der Waals surface area contributed by atoms with E-state index in [1.165, 1.54) is 0 Å². The molecule has 0 bridgehead atoms. The van der Waals surface area contributed by atoms with Crippen LogP contribution in [0.3, 0.4) is 0 Å². The molecule has 0 aliphatic carbocycles. The molecule has 0 atom stereocenters. The molecule has 0 spiro atoms. The van der Waals surface area contributed by atoms with E-state index in [1.54, 1.807) is 11.9 Å². The Morgan fingerprint density at radius 2 is 2.15 bits per heavy atom. The first kappa shape index (κ1) is 14.6. The molecule has 1 aliphatic heterocycles. The van der Waals surface area contributed by atoms with Crippen molar-refractivity contribution < 1.29 is 9.59 Å². The summed E-state index contributed by atoms with van der Waals surface area (Å²) >= 11 is 1.16. The zero-order chi connectivity index (χ0) is 14.9. The van der Waals surface area contributed by atoms with Crippen LogP contribution in [0, 0.1) is 0 Å². The molecule has 2 heterocycles. The zero-order valence-electron chi connectivity index (χ0n) is 11.8. The minimum atomic E-state index is -0.243. The summed E-state index contributed by atoms with van der Waals surface area (Å²) in [7, 11) is 1.77. The standard InChI is InChI=1S/C12H19N5O2S/c1-7(2)14-11(19)9-10(13)15-20-12(9)17-5-4-16(3)8(18)6-17/h7H,4-6H2,1-3H3,(H2,13,15)(H,14,19). The number of aromatic nitrogens is 1. The number of anilines is 2. The Hall–Kier alpha value is -1.83. The molecule has 8 heteroatoms. The van der Waals surface area contributed by atoms with Crippen molar-refractivity contribution in [1.82, 2.24) is 14.6 Å². The molecular weight excluding hydrogens is 278 g/mol. The summed E-state index contributed by atoms with van der Waals surface area (Å²) in [5, 5.41) is 3.48. The first-order valence-corrected chi connectivity index (χ1v) is 7.22. The molecule has 1 aromatic rings. The second kappa shape index (κ2) is 5.66. The van der Waals surface area contributed by atoms with Gasteiger partial charge >= 0.3 is 0 Å². The van der Waals surface area contributed by atoms with Crippen molar-refractivity contribution in [3.8, 4) is 0 Å². The van der Waals surface area contributed by atoms with Crippen LogP contribution in [0.2, 0.25) is 0 Å². The minimum absolute atomic E-state index is 0.0174. The molecule has 110 valence electrons. The van der Waals surface area contributed by atoms with Crippen molar-refractivity contribution >= 4 is 34.2 Å². The van der Waals surface area contributed by atoms with E-state index in [0.717, 1.165) is 11.5 Å². The van der Waals surface area contributed by atoms with Crippen LogP contribution in [-0.4, -0.2) is 53.8 Å². The number of nitrogens with zero attached hydrogens (tertiary/aromatic N) is 3. The second-order valence-corrected chi connectivity index (χ2v) is 5.86. The van der Waals surface area contributed by atoms with Gasteiger partial charge in [0.15, 0.2) is 5.82 Å². The lowest BCUT2D eigenvalue weighted by atomic mass is 10.2. The summed E-state index contributed by atoms with van der Waals surface area (Å²) in [6.07, 6.45) is 0. The van der Waals surface area contributed by atoms with Crippen LogP contribution in [0.5, 0.6) is 0 Å². The van der Waals surface area contributed by atoms with Gasteiger partial charge in [-0.1, -0.05) is 0 Å². The van der Waals surface area contributed by atoms with Crippen molar-refractivity contribution in [3.63, 3.8) is 0 Å². The van der Waals surface area contributed by atoms with Gasteiger partial charge in [-0.2, -0.15) is 4.37 Å². The average Bonchev–Trinajstić information content (AvgIpc) is 2.74. The molecule has 2 rings (SSSR count). The van der Waals surface area contributed by atoms with E-state index in [9.17, 15) is 9.59 Å². The number of hydrogen-bond donors (Lipinski definition) is 2. The first-order chi connectivity index (χ1) is 9.40. The van der Waals surface area contributed by atoms with Crippen LogP contribution in [0.1, 0.15) is 24.2 Å². The Bertz CT molecular complexity index is 528. The number of nitrogen functional groups attached to an aromatic ring is 1. The third-order valence-corrected chi connectivity index (χ3v) is 4.01. The van der Waals surface area contributed by atoms with Gasteiger partial charge in [0.2, 0.25) is 5.91 Å². The maximum Gasteiger partial charge on any atom is 0.258 e. The number of likely N-dealkylation sites (N-methyl/N-ethyl adjacent to an activating group) is 1. The van der Waals surface area contributed by atoms with E-state index in [2.05, 4.69) is 9.69 Å². The van der Waals surface area contributed by atoms with Crippen molar-refractivity contribution in [2.75, 3.05) is 37.3 Å². The molecule has 1 aliphatic rings. The van der Waals surface area contributed by atoms with Gasteiger partial charge in [-0.05, 0) is 25.4 Å². The lowest BCUT2D eigenvalue weighted by Crippen LogP contribution is -2.48. The number of carbonyl (C=O) groups is 2. The lowest BCUT2D eigenvalue weighted by Gasteiger charge is -2.32. The topological polar surface area (TPSA) is 91.6 Å². The van der Waals surface area contributed by atoms with Crippen LogP contribution in [0.15, 0.2) is 0 Å². The number of hydrogen-bond acceptors (Lipinski definition) is 6. The number of nitrogens with one attached hydrogen (secondary N) is 1. The fourth-order valence-corrected chi connectivity index (χ4v) is 2.82. The third-order valence-electron chi connectivity index (χ3n) is 3.09. The van der Waals surface area contributed by atoms with Gasteiger partial charge in [0.05, 0.1) is 6.54 Å². The summed E-state index contributed by atoms with van der Waals surface area (Å²) < 4.78 is 4.06. The molecule has 0 aromatic carbocycles. The zero-order valence-corrected chi connectivity index (χ0v) is 12.7. The fourth-order valence-electron chi connectivity index (χ4n) is 1.99. The number of nitrogens with two attached hydrogens (primary N) is 1. The predicted molar refractivity (Wildman–Crippen MR) is 79.0 cm³/mol. The van der Waals surface area contributed by atoms with Crippen LogP contribution in [-0.2, 0) is 4.79 Å². The van der Waals surface area contributed by atoms with Crippen molar-refractivity contribution in [1.29, 1.82) is 0 Å². The van der Waals surface area contributed by atoms with Crippen molar-refractivity contribution in [3.05, 3.63) is 5.56 Å². The quantitative estimate of drug-likeness (QED) is 0.828. The van der Waals surface area contributed by atoms with Gasteiger partial charge < -0.3 is 20.9 Å². The lowest BCUT2D eigenvalue weighted by molar-refractivity contribution is -0.129. The molecule has 1 fully saturated rings. The molecule has 1 saturated heterocycles. The molecule has 0 radical (unpaired) electrons. The SMILES string of the molecule is CC(C)NC(=O)c1c(N)nsc1N1CCN(C)C(=O)C1. The first-order valence-electron chi connectivity index (χ1n) is 6.45. The molecule has 20 heavy (non-hydrogen) atoms. The van der Waals surface area contributed by atoms with E-state index in [-0.39, 0.29) is 30.2 Å². The number of rotatable bonds is 3. The molecule has 0 saturated carbocycles. The van der Waals surface area contributed by atoms with E-state index in [0.29, 0.717) is 23.7 Å². The Kier molecular flexibility index (Phi) is 4.12. The Balaban J connectivity index is 2.25. The van der Waals surface area contributed by atoms with E-state index in [4.69, 9.17) is 5.73 Å². The smallest absolute Gasteiger partial charge is 0.258 e. The Labute approximate surface area is 121 Å². The summed E-state index contributed by atoms with van der Waals surface area (Å²) in [5.74, 6) is 0.000549. The van der Waals surface area contributed by atoms with Gasteiger partial charge in [-0.15, -0.1) is 0 Å². The normalized spacial score (nSPS) is 15.9. The number of amides is 2. The van der Waals surface area contributed by atoms with Crippen LogP contribution < -0.4 is 16.0 Å². The van der Waals surface area contributed by atoms with E-state index < -0.39 is 0 Å². The molecule has 1 aromatic heterocycles. The monoisotopic (exact) mass is 297 g/mol. The molecular formula is C12H19N5O2S. The van der Waals surface area contributed by atoms with Crippen LogP contribution >= 0.6 is 11.5 Å². The van der Waals surface area contributed by atoms with E-state index in [1.807, 2.05) is 18.7 Å². The van der Waals surface area contributed by atoms with E-state index >= 15 is 0 Å². The molecule has 0 unspecified atom stereocenters. The highest BCUT2D eigenvalue weighted by molar-refractivity contribution is 7.11. The van der Waals surface area contributed by atoms with Crippen LogP contribution in [0.25, 0.3) is 0 Å². The fraction of sp³-hybridized carbons (Fsp3) is 0.583. The van der Waals surface area contributed by atoms with Gasteiger partial charge in [0, 0.05) is 26.2 Å². The highest BCUT2D eigenvalue weighted by Gasteiger charge is 2.28. The van der Waals surface area contributed by atoms with Gasteiger partial charge in [0.25, 0.3) is 5.91 Å². The van der Waals surface area contributed by atoms with Gasteiger partial charge in [-0.25, -0.2) is 0 Å².